The van der Waals surface area contributed by atoms with Crippen LogP contribution in [0.2, 0.25) is 0 Å². The molecule has 1 N–H and O–H groups in total. The van der Waals surface area contributed by atoms with Crippen molar-refractivity contribution in [3.8, 4) is 11.3 Å². The largest absolute Gasteiger partial charge is 0.476 e. The van der Waals surface area contributed by atoms with Crippen LogP contribution in [0.5, 0.6) is 0 Å². The van der Waals surface area contributed by atoms with Gasteiger partial charge >= 0.3 is 5.97 Å². The normalized spacial score (nSPS) is 14.6. The Morgan fingerprint density at radius 1 is 1.27 bits per heavy atom. The highest BCUT2D eigenvalue weighted by Gasteiger charge is 2.28. The Bertz CT molecular complexity index is 902. The zero-order valence-corrected chi connectivity index (χ0v) is 12.4. The molecule has 6 heteroatoms. The molecule has 6 nitrogen and oxygen atoms in total. The third kappa shape index (κ3) is 1.91. The quantitative estimate of drug-likeness (QED) is 0.806. The van der Waals surface area contributed by atoms with Crippen molar-refractivity contribution in [2.45, 2.75) is 18.8 Å². The van der Waals surface area contributed by atoms with E-state index < -0.39 is 5.97 Å². The second-order valence-corrected chi connectivity index (χ2v) is 5.85. The Morgan fingerprint density at radius 3 is 2.68 bits per heavy atom. The monoisotopic (exact) mass is 296 g/mol. The molecule has 0 radical (unpaired) electrons. The number of hydrogen-bond donors (Lipinski definition) is 1. The summed E-state index contributed by atoms with van der Waals surface area (Å²) in [7, 11) is 3.80. The first kappa shape index (κ1) is 13.1. The van der Waals surface area contributed by atoms with E-state index in [2.05, 4.69) is 16.7 Å². The SMILES string of the molecule is Cn1nc(C(=O)O)cc1-c1ccc2c(c1)nc(C1CC1)n2C. The molecule has 0 spiro atoms. The van der Waals surface area contributed by atoms with Gasteiger partial charge in [-0.3, -0.25) is 4.68 Å². The van der Waals surface area contributed by atoms with Crippen LogP contribution in [-0.4, -0.2) is 30.4 Å². The topological polar surface area (TPSA) is 72.9 Å². The lowest BCUT2D eigenvalue weighted by atomic mass is 10.1. The fourth-order valence-electron chi connectivity index (χ4n) is 2.93. The van der Waals surface area contributed by atoms with Gasteiger partial charge in [0.2, 0.25) is 0 Å². The molecule has 1 aliphatic rings. The number of hydrogen-bond acceptors (Lipinski definition) is 3. The lowest BCUT2D eigenvalue weighted by molar-refractivity contribution is 0.0689. The summed E-state index contributed by atoms with van der Waals surface area (Å²) in [5, 5.41) is 13.1. The van der Waals surface area contributed by atoms with E-state index in [4.69, 9.17) is 10.1 Å². The molecular formula is C16H16N4O2. The molecule has 4 rings (SSSR count). The van der Waals surface area contributed by atoms with Crippen LogP contribution in [0.15, 0.2) is 24.3 Å². The first-order chi connectivity index (χ1) is 10.5. The van der Waals surface area contributed by atoms with E-state index >= 15 is 0 Å². The van der Waals surface area contributed by atoms with Gasteiger partial charge in [0, 0.05) is 25.6 Å². The van der Waals surface area contributed by atoms with Crippen molar-refractivity contribution in [2.75, 3.05) is 0 Å². The zero-order valence-electron chi connectivity index (χ0n) is 12.4. The fourth-order valence-corrected chi connectivity index (χ4v) is 2.93. The summed E-state index contributed by atoms with van der Waals surface area (Å²) in [4.78, 5) is 15.8. The molecule has 0 saturated heterocycles. The van der Waals surface area contributed by atoms with Crippen LogP contribution < -0.4 is 0 Å². The number of carbonyl (C=O) groups is 1. The average Bonchev–Trinajstić information content (AvgIpc) is 3.18. The van der Waals surface area contributed by atoms with E-state index in [9.17, 15) is 4.79 Å². The number of carboxylic acids is 1. The molecule has 112 valence electrons. The maximum atomic E-state index is 11.0. The van der Waals surface area contributed by atoms with Gasteiger partial charge in [0.05, 0.1) is 16.7 Å². The number of aromatic carboxylic acids is 1. The first-order valence-corrected chi connectivity index (χ1v) is 7.28. The van der Waals surface area contributed by atoms with Crippen LogP contribution >= 0.6 is 0 Å². The number of imidazole rings is 1. The van der Waals surface area contributed by atoms with Crippen molar-refractivity contribution in [1.82, 2.24) is 19.3 Å². The summed E-state index contributed by atoms with van der Waals surface area (Å²) in [6, 6.07) is 7.62. The number of aromatic nitrogens is 4. The van der Waals surface area contributed by atoms with Gasteiger partial charge in [0.25, 0.3) is 0 Å². The number of aryl methyl sites for hydroxylation is 2. The summed E-state index contributed by atoms with van der Waals surface area (Å²) in [6.07, 6.45) is 2.43. The highest BCUT2D eigenvalue weighted by Crippen LogP contribution is 2.40. The maximum Gasteiger partial charge on any atom is 0.356 e. The highest BCUT2D eigenvalue weighted by molar-refractivity contribution is 5.88. The minimum absolute atomic E-state index is 0.0530. The van der Waals surface area contributed by atoms with E-state index in [1.807, 2.05) is 18.2 Å². The van der Waals surface area contributed by atoms with Crippen molar-refractivity contribution >= 4 is 17.0 Å². The van der Waals surface area contributed by atoms with Crippen LogP contribution in [0.1, 0.15) is 35.1 Å². The van der Waals surface area contributed by atoms with Gasteiger partial charge < -0.3 is 9.67 Å². The van der Waals surface area contributed by atoms with Crippen molar-refractivity contribution in [3.63, 3.8) is 0 Å². The molecule has 0 bridgehead atoms. The maximum absolute atomic E-state index is 11.0. The van der Waals surface area contributed by atoms with E-state index in [1.54, 1.807) is 17.8 Å². The van der Waals surface area contributed by atoms with E-state index in [1.165, 1.54) is 12.8 Å². The molecule has 0 unspecified atom stereocenters. The van der Waals surface area contributed by atoms with Crippen LogP contribution in [0.4, 0.5) is 0 Å². The molecule has 0 aliphatic heterocycles. The lowest BCUT2D eigenvalue weighted by Gasteiger charge is -2.02. The molecule has 1 aliphatic carbocycles. The summed E-state index contributed by atoms with van der Waals surface area (Å²) >= 11 is 0. The minimum atomic E-state index is -1.02. The predicted octanol–water partition coefficient (Wildman–Crippen LogP) is 2.55. The standard InChI is InChI=1S/C16H16N4O2/c1-19-13-6-5-10(7-11(13)17-15(19)9-3-4-9)14-8-12(16(21)22)18-20(14)2/h5-9H,3-4H2,1-2H3,(H,21,22). The smallest absolute Gasteiger partial charge is 0.356 e. The van der Waals surface area contributed by atoms with Gasteiger partial charge in [-0.05, 0) is 31.0 Å². The molecule has 0 amide bonds. The average molecular weight is 296 g/mol. The van der Waals surface area contributed by atoms with Gasteiger partial charge in [-0.1, -0.05) is 6.07 Å². The van der Waals surface area contributed by atoms with Gasteiger partial charge in [0.15, 0.2) is 5.69 Å². The number of nitrogens with zero attached hydrogens (tertiary/aromatic N) is 4. The molecule has 1 saturated carbocycles. The van der Waals surface area contributed by atoms with Gasteiger partial charge in [-0.2, -0.15) is 5.10 Å². The van der Waals surface area contributed by atoms with Crippen molar-refractivity contribution in [1.29, 1.82) is 0 Å². The Kier molecular flexibility index (Phi) is 2.63. The van der Waals surface area contributed by atoms with Crippen LogP contribution in [-0.2, 0) is 14.1 Å². The second-order valence-electron chi connectivity index (χ2n) is 5.85. The predicted molar refractivity (Wildman–Crippen MR) is 81.9 cm³/mol. The second kappa shape index (κ2) is 4.43. The molecule has 2 heterocycles. The summed E-state index contributed by atoms with van der Waals surface area (Å²) in [6.45, 7) is 0. The molecule has 3 aromatic rings. The van der Waals surface area contributed by atoms with Gasteiger partial charge in [0.1, 0.15) is 5.82 Å². The van der Waals surface area contributed by atoms with E-state index in [-0.39, 0.29) is 5.69 Å². The molecule has 1 fully saturated rings. The van der Waals surface area contributed by atoms with Crippen molar-refractivity contribution in [3.05, 3.63) is 35.8 Å². The third-order valence-corrected chi connectivity index (χ3v) is 4.25. The molecule has 1 aromatic carbocycles. The van der Waals surface area contributed by atoms with Crippen molar-refractivity contribution in [2.24, 2.45) is 14.1 Å². The summed E-state index contributed by atoms with van der Waals surface area (Å²) in [5.41, 5.74) is 3.80. The fraction of sp³-hybridized carbons (Fsp3) is 0.312. The molecule has 0 atom stereocenters. The summed E-state index contributed by atoms with van der Waals surface area (Å²) < 4.78 is 3.75. The number of fused-ring (bicyclic) bond motifs is 1. The van der Waals surface area contributed by atoms with Crippen LogP contribution in [0.3, 0.4) is 0 Å². The number of benzene rings is 1. The van der Waals surface area contributed by atoms with Gasteiger partial charge in [-0.25, -0.2) is 9.78 Å². The van der Waals surface area contributed by atoms with Crippen LogP contribution in [0.25, 0.3) is 22.3 Å². The first-order valence-electron chi connectivity index (χ1n) is 7.28. The Morgan fingerprint density at radius 2 is 2.05 bits per heavy atom. The Balaban J connectivity index is 1.84. The number of carboxylic acid groups (broad SMARTS) is 1. The number of rotatable bonds is 3. The summed E-state index contributed by atoms with van der Waals surface area (Å²) in [5.74, 6) is 0.719. The van der Waals surface area contributed by atoms with E-state index in [0.29, 0.717) is 5.92 Å². The Labute approximate surface area is 127 Å². The molecular weight excluding hydrogens is 280 g/mol. The van der Waals surface area contributed by atoms with Crippen LogP contribution in [0, 0.1) is 0 Å². The van der Waals surface area contributed by atoms with Crippen molar-refractivity contribution < 1.29 is 9.90 Å². The third-order valence-electron chi connectivity index (χ3n) is 4.25. The van der Waals surface area contributed by atoms with E-state index in [0.717, 1.165) is 28.1 Å². The Hall–Kier alpha value is -2.63. The zero-order chi connectivity index (χ0) is 15.4. The lowest BCUT2D eigenvalue weighted by Crippen LogP contribution is -1.99. The minimum Gasteiger partial charge on any atom is -0.476 e. The highest BCUT2D eigenvalue weighted by atomic mass is 16.4. The molecule has 2 aromatic heterocycles. The molecule has 22 heavy (non-hydrogen) atoms. The van der Waals surface area contributed by atoms with Gasteiger partial charge in [-0.15, -0.1) is 0 Å².